The molecule has 0 unspecified atom stereocenters. The Morgan fingerprint density at radius 2 is 1.82 bits per heavy atom. The van der Waals surface area contributed by atoms with Gasteiger partial charge in [-0.15, -0.1) is 0 Å². The molecule has 0 radical (unpaired) electrons. The highest BCUT2D eigenvalue weighted by molar-refractivity contribution is 5.88. The molecule has 9 nitrogen and oxygen atoms in total. The van der Waals surface area contributed by atoms with Gasteiger partial charge in [-0.1, -0.05) is 36.4 Å². The molecule has 4 aromatic rings. The van der Waals surface area contributed by atoms with Gasteiger partial charge >= 0.3 is 0 Å². The van der Waals surface area contributed by atoms with E-state index < -0.39 is 11.3 Å². The zero-order chi connectivity index (χ0) is 27.1. The van der Waals surface area contributed by atoms with Crippen molar-refractivity contribution in [3.63, 3.8) is 0 Å². The second-order valence-electron chi connectivity index (χ2n) is 11.1. The van der Waals surface area contributed by atoms with E-state index in [-0.39, 0.29) is 17.9 Å². The molecule has 2 aliphatic rings. The minimum atomic E-state index is -0.992. The number of nitrogens with zero attached hydrogens (tertiary/aromatic N) is 5. The van der Waals surface area contributed by atoms with Crippen LogP contribution in [0.3, 0.4) is 0 Å². The van der Waals surface area contributed by atoms with Gasteiger partial charge in [0.05, 0.1) is 17.3 Å². The highest BCUT2D eigenvalue weighted by Crippen LogP contribution is 2.33. The lowest BCUT2D eigenvalue weighted by molar-refractivity contribution is -0.133. The summed E-state index contributed by atoms with van der Waals surface area (Å²) in [6.07, 6.45) is 7.30. The first-order chi connectivity index (χ1) is 18.8. The Morgan fingerprint density at radius 3 is 2.59 bits per heavy atom. The molecule has 1 aliphatic carbocycles. The van der Waals surface area contributed by atoms with E-state index in [9.17, 15) is 9.59 Å². The van der Waals surface area contributed by atoms with E-state index in [0.717, 1.165) is 48.6 Å². The van der Waals surface area contributed by atoms with Crippen LogP contribution in [0.5, 0.6) is 0 Å². The zero-order valence-electron chi connectivity index (χ0n) is 22.3. The van der Waals surface area contributed by atoms with Crippen molar-refractivity contribution in [2.45, 2.75) is 51.0 Å². The van der Waals surface area contributed by atoms with Crippen LogP contribution in [0, 0.1) is 5.92 Å². The Morgan fingerprint density at radius 1 is 1.03 bits per heavy atom. The van der Waals surface area contributed by atoms with Crippen molar-refractivity contribution in [1.82, 2.24) is 24.4 Å². The number of benzene rings is 2. The topological polar surface area (TPSA) is 119 Å². The highest BCUT2D eigenvalue weighted by Gasteiger charge is 2.36. The van der Waals surface area contributed by atoms with Crippen LogP contribution in [0.15, 0.2) is 60.9 Å². The number of nitrogens with two attached hydrogens (primary N) is 1. The Kier molecular flexibility index (Phi) is 6.29. The van der Waals surface area contributed by atoms with Crippen molar-refractivity contribution in [3.8, 4) is 17.2 Å². The normalized spacial score (nSPS) is 17.8. The van der Waals surface area contributed by atoms with Crippen molar-refractivity contribution < 1.29 is 9.59 Å². The summed E-state index contributed by atoms with van der Waals surface area (Å²) in [4.78, 5) is 41.2. The van der Waals surface area contributed by atoms with Crippen LogP contribution >= 0.6 is 0 Å². The first-order valence-corrected chi connectivity index (χ1v) is 13.6. The number of primary amides is 1. The van der Waals surface area contributed by atoms with Crippen LogP contribution in [0.25, 0.3) is 28.0 Å². The lowest BCUT2D eigenvalue weighted by Crippen LogP contribution is -2.46. The number of carbonyl (C=O) groups excluding carboxylic acids is 2. The maximum atomic E-state index is 12.6. The molecule has 1 aliphatic heterocycles. The second kappa shape index (κ2) is 9.80. The SMILES string of the molecule is CC(C)(C(N)=O)c1cnc(-c2ccc3ccccc3c2)n1-c1ccnc(N[C@H]2CCCN(C(=O)C3CC3)C2)n1. The van der Waals surface area contributed by atoms with Gasteiger partial charge in [0.25, 0.3) is 0 Å². The molecule has 200 valence electrons. The number of aromatic nitrogens is 4. The third-order valence-electron chi connectivity index (χ3n) is 7.89. The molecule has 6 rings (SSSR count). The lowest BCUT2D eigenvalue weighted by Gasteiger charge is -2.33. The molecule has 2 aromatic heterocycles. The summed E-state index contributed by atoms with van der Waals surface area (Å²) in [5, 5.41) is 5.67. The average molecular weight is 524 g/mol. The number of nitrogens with one attached hydrogen (secondary N) is 1. The van der Waals surface area contributed by atoms with Crippen LogP contribution in [-0.2, 0) is 15.0 Å². The number of piperidine rings is 1. The van der Waals surface area contributed by atoms with Gasteiger partial charge in [0.15, 0.2) is 0 Å². The first kappa shape index (κ1) is 25.0. The van der Waals surface area contributed by atoms with E-state index in [1.54, 1.807) is 26.2 Å². The van der Waals surface area contributed by atoms with Gasteiger partial charge in [0.1, 0.15) is 11.6 Å². The fourth-order valence-electron chi connectivity index (χ4n) is 5.29. The van der Waals surface area contributed by atoms with Crippen LogP contribution in [0.1, 0.15) is 45.2 Å². The fourth-order valence-corrected chi connectivity index (χ4v) is 5.29. The number of hydrogen-bond donors (Lipinski definition) is 2. The van der Waals surface area contributed by atoms with E-state index in [2.05, 4.69) is 34.6 Å². The first-order valence-electron chi connectivity index (χ1n) is 13.6. The number of carbonyl (C=O) groups is 2. The van der Waals surface area contributed by atoms with Crippen LogP contribution < -0.4 is 11.1 Å². The maximum absolute atomic E-state index is 12.6. The average Bonchev–Trinajstić information content (AvgIpc) is 3.69. The third kappa shape index (κ3) is 4.84. The van der Waals surface area contributed by atoms with Crippen molar-refractivity contribution in [2.24, 2.45) is 11.7 Å². The number of rotatable bonds is 7. The Hall–Kier alpha value is -4.27. The van der Waals surface area contributed by atoms with Gasteiger partial charge in [-0.2, -0.15) is 4.98 Å². The minimum Gasteiger partial charge on any atom is -0.369 e. The number of amides is 2. The number of anilines is 1. The Balaban J connectivity index is 1.36. The lowest BCUT2D eigenvalue weighted by atomic mass is 9.89. The van der Waals surface area contributed by atoms with E-state index in [1.165, 1.54) is 0 Å². The third-order valence-corrected chi connectivity index (χ3v) is 7.89. The standard InChI is InChI=1S/C30H33N7O2/c1-30(2,28(31)39)24-17-33-26(22-12-9-19-6-3-4-7-21(19)16-22)37(24)25-13-14-32-29(35-25)34-23-8-5-15-36(18-23)27(38)20-10-11-20/h3-4,6-7,9,12-14,16-17,20,23H,5,8,10-11,15,18H2,1-2H3,(H2,31,39)(H,32,34,35)/t23-/m0/s1. The van der Waals surface area contributed by atoms with E-state index in [1.807, 2.05) is 33.7 Å². The van der Waals surface area contributed by atoms with E-state index in [0.29, 0.717) is 29.8 Å². The summed E-state index contributed by atoms with van der Waals surface area (Å²) in [6, 6.07) is 16.2. The molecule has 39 heavy (non-hydrogen) atoms. The second-order valence-corrected chi connectivity index (χ2v) is 11.1. The predicted molar refractivity (Wildman–Crippen MR) is 150 cm³/mol. The molecule has 3 N–H and O–H groups in total. The minimum absolute atomic E-state index is 0.0703. The van der Waals surface area contributed by atoms with Crippen molar-refractivity contribution in [1.29, 1.82) is 0 Å². The summed E-state index contributed by atoms with van der Waals surface area (Å²) >= 11 is 0. The molecule has 2 aromatic carbocycles. The van der Waals surface area contributed by atoms with Crippen molar-refractivity contribution in [2.75, 3.05) is 18.4 Å². The van der Waals surface area contributed by atoms with Crippen LogP contribution in [-0.4, -0.2) is 55.4 Å². The molecule has 1 saturated carbocycles. The Labute approximate surface area is 227 Å². The van der Waals surface area contributed by atoms with Gasteiger partial charge in [0, 0.05) is 36.8 Å². The summed E-state index contributed by atoms with van der Waals surface area (Å²) in [6.45, 7) is 5.04. The van der Waals surface area contributed by atoms with Gasteiger partial charge in [-0.05, 0) is 62.4 Å². The number of likely N-dealkylation sites (tertiary alicyclic amines) is 1. The Bertz CT molecular complexity index is 1560. The molecule has 0 spiro atoms. The smallest absolute Gasteiger partial charge is 0.229 e. The van der Waals surface area contributed by atoms with E-state index in [4.69, 9.17) is 15.7 Å². The molecule has 1 saturated heterocycles. The quantitative estimate of drug-likeness (QED) is 0.377. The van der Waals surface area contributed by atoms with Gasteiger partial charge in [-0.25, -0.2) is 9.97 Å². The highest BCUT2D eigenvalue weighted by atomic mass is 16.2. The maximum Gasteiger partial charge on any atom is 0.229 e. The molecule has 2 amide bonds. The number of imidazole rings is 1. The largest absolute Gasteiger partial charge is 0.369 e. The fraction of sp³-hybridized carbons (Fsp3) is 0.367. The summed E-state index contributed by atoms with van der Waals surface area (Å²) in [5.74, 6) is 1.74. The van der Waals surface area contributed by atoms with E-state index >= 15 is 0 Å². The molecule has 2 fully saturated rings. The monoisotopic (exact) mass is 523 g/mol. The van der Waals surface area contributed by atoms with Gasteiger partial charge in [0.2, 0.25) is 17.8 Å². The zero-order valence-corrected chi connectivity index (χ0v) is 22.3. The van der Waals surface area contributed by atoms with Crippen LogP contribution in [0.2, 0.25) is 0 Å². The number of hydrogen-bond acceptors (Lipinski definition) is 6. The van der Waals surface area contributed by atoms with Gasteiger partial charge < -0.3 is 16.0 Å². The van der Waals surface area contributed by atoms with Crippen LogP contribution in [0.4, 0.5) is 5.95 Å². The molecular formula is C30H33N7O2. The molecule has 9 heteroatoms. The molecule has 3 heterocycles. The van der Waals surface area contributed by atoms with Gasteiger partial charge in [-0.3, -0.25) is 14.2 Å². The summed E-state index contributed by atoms with van der Waals surface area (Å²) < 4.78 is 1.89. The summed E-state index contributed by atoms with van der Waals surface area (Å²) in [5.41, 5.74) is 6.38. The predicted octanol–water partition coefficient (Wildman–Crippen LogP) is 4.06. The van der Waals surface area contributed by atoms with Crippen molar-refractivity contribution in [3.05, 3.63) is 66.6 Å². The number of fused-ring (bicyclic) bond motifs is 1. The summed E-state index contributed by atoms with van der Waals surface area (Å²) in [7, 11) is 0. The molecule has 1 atom stereocenters. The molecular weight excluding hydrogens is 490 g/mol. The van der Waals surface area contributed by atoms with Crippen molar-refractivity contribution >= 4 is 28.5 Å². The molecule has 0 bridgehead atoms.